The minimum atomic E-state index is -0.745. The van der Waals surface area contributed by atoms with E-state index < -0.39 is 5.97 Å². The molecule has 0 aromatic rings. The lowest BCUT2D eigenvalue weighted by molar-refractivity contribution is -0.136. The summed E-state index contributed by atoms with van der Waals surface area (Å²) in [5, 5.41) is 8.22. The van der Waals surface area contributed by atoms with Crippen molar-refractivity contribution in [3.63, 3.8) is 0 Å². The van der Waals surface area contributed by atoms with Crippen LogP contribution in [0.1, 0.15) is 19.8 Å². The van der Waals surface area contributed by atoms with E-state index in [1.54, 1.807) is 0 Å². The maximum atomic E-state index is 9.98. The molecule has 2 nitrogen and oxygen atoms in total. The summed E-state index contributed by atoms with van der Waals surface area (Å²) in [6.45, 7) is 1.92. The normalized spacial score (nSPS) is 11.3. The Morgan fingerprint density at radius 1 is 1.50 bits per heavy atom. The number of allylic oxidation sites excluding steroid dienone is 4. The fraction of sp³-hybridized carbons (Fsp3) is 0.375. The van der Waals surface area contributed by atoms with Crippen molar-refractivity contribution in [3.8, 4) is 0 Å². The quantitative estimate of drug-likeness (QED) is 0.606. The zero-order valence-electron chi connectivity index (χ0n) is 6.08. The molecule has 0 saturated heterocycles. The third-order valence-electron chi connectivity index (χ3n) is 0.965. The molecule has 0 unspecified atom stereocenters. The van der Waals surface area contributed by atoms with Crippen molar-refractivity contribution in [1.82, 2.24) is 0 Å². The highest BCUT2D eigenvalue weighted by atomic mass is 16.4. The second-order valence-corrected chi connectivity index (χ2v) is 1.89. The zero-order valence-corrected chi connectivity index (χ0v) is 6.08. The molecule has 0 aliphatic rings. The van der Waals surface area contributed by atoms with Gasteiger partial charge in [0.05, 0.1) is 0 Å². The van der Waals surface area contributed by atoms with Crippen molar-refractivity contribution in [1.29, 1.82) is 0 Å². The summed E-state index contributed by atoms with van der Waals surface area (Å²) in [5.41, 5.74) is 0. The Morgan fingerprint density at radius 2 is 2.20 bits per heavy atom. The molecule has 0 amide bonds. The maximum Gasteiger partial charge on any atom is 0.303 e. The molecule has 0 aliphatic heterocycles. The van der Waals surface area contributed by atoms with Crippen LogP contribution in [0.25, 0.3) is 0 Å². The fourth-order valence-electron chi connectivity index (χ4n) is 0.493. The molecule has 0 heterocycles. The van der Waals surface area contributed by atoms with Gasteiger partial charge in [-0.2, -0.15) is 0 Å². The molecule has 10 heavy (non-hydrogen) atoms. The highest BCUT2D eigenvalue weighted by Crippen LogP contribution is 1.90. The number of hydrogen-bond acceptors (Lipinski definition) is 1. The molecular formula is C8H12O2. The summed E-state index contributed by atoms with van der Waals surface area (Å²) in [4.78, 5) is 9.98. The molecule has 0 atom stereocenters. The Morgan fingerprint density at radius 3 is 2.70 bits per heavy atom. The number of rotatable bonds is 4. The van der Waals surface area contributed by atoms with Crippen LogP contribution < -0.4 is 0 Å². The van der Waals surface area contributed by atoms with Gasteiger partial charge in [0.1, 0.15) is 0 Å². The summed E-state index contributed by atoms with van der Waals surface area (Å²) in [7, 11) is 0. The van der Waals surface area contributed by atoms with Crippen LogP contribution in [0.3, 0.4) is 0 Å². The van der Waals surface area contributed by atoms with Gasteiger partial charge in [0.25, 0.3) is 0 Å². The molecule has 0 rings (SSSR count). The summed E-state index contributed by atoms with van der Waals surface area (Å²) in [6.07, 6.45) is 8.30. The second kappa shape index (κ2) is 6.08. The lowest BCUT2D eigenvalue weighted by Gasteiger charge is -1.84. The largest absolute Gasteiger partial charge is 0.481 e. The van der Waals surface area contributed by atoms with Crippen LogP contribution in [-0.4, -0.2) is 11.1 Å². The van der Waals surface area contributed by atoms with Gasteiger partial charge in [-0.1, -0.05) is 24.3 Å². The Labute approximate surface area is 60.9 Å². The first-order valence-corrected chi connectivity index (χ1v) is 3.27. The van der Waals surface area contributed by atoms with Gasteiger partial charge in [-0.3, -0.25) is 4.79 Å². The second-order valence-electron chi connectivity index (χ2n) is 1.89. The van der Waals surface area contributed by atoms with Gasteiger partial charge in [-0.05, 0) is 13.3 Å². The molecule has 0 aromatic heterocycles. The minimum Gasteiger partial charge on any atom is -0.481 e. The SMILES string of the molecule is C/C=C/C=C/CCC(=O)O. The maximum absolute atomic E-state index is 9.98. The third kappa shape index (κ3) is 6.95. The summed E-state index contributed by atoms with van der Waals surface area (Å²) in [6, 6.07) is 0. The Balaban J connectivity index is 3.27. The van der Waals surface area contributed by atoms with Crippen molar-refractivity contribution in [3.05, 3.63) is 24.3 Å². The van der Waals surface area contributed by atoms with Crippen LogP contribution in [0.4, 0.5) is 0 Å². The van der Waals surface area contributed by atoms with Gasteiger partial charge in [-0.25, -0.2) is 0 Å². The van der Waals surface area contributed by atoms with E-state index in [-0.39, 0.29) is 6.42 Å². The van der Waals surface area contributed by atoms with E-state index in [1.165, 1.54) is 0 Å². The molecule has 0 aliphatic carbocycles. The van der Waals surface area contributed by atoms with Crippen LogP contribution >= 0.6 is 0 Å². The lowest BCUT2D eigenvalue weighted by Crippen LogP contribution is -1.91. The van der Waals surface area contributed by atoms with E-state index >= 15 is 0 Å². The molecule has 0 radical (unpaired) electrons. The molecule has 56 valence electrons. The summed E-state index contributed by atoms with van der Waals surface area (Å²) >= 11 is 0. The Kier molecular flexibility index (Phi) is 5.44. The molecule has 1 N–H and O–H groups in total. The van der Waals surface area contributed by atoms with Crippen molar-refractivity contribution in [2.45, 2.75) is 19.8 Å². The molecule has 0 bridgehead atoms. The van der Waals surface area contributed by atoms with Gasteiger partial charge in [0, 0.05) is 6.42 Å². The first-order valence-electron chi connectivity index (χ1n) is 3.27. The van der Waals surface area contributed by atoms with E-state index in [2.05, 4.69) is 0 Å². The summed E-state index contributed by atoms with van der Waals surface area (Å²) < 4.78 is 0. The molecule has 0 saturated carbocycles. The van der Waals surface area contributed by atoms with Gasteiger partial charge >= 0.3 is 5.97 Å². The number of hydrogen-bond donors (Lipinski definition) is 1. The monoisotopic (exact) mass is 140 g/mol. The number of aliphatic carboxylic acids is 1. The van der Waals surface area contributed by atoms with Gasteiger partial charge in [0.15, 0.2) is 0 Å². The van der Waals surface area contributed by atoms with Crippen LogP contribution in [0, 0.1) is 0 Å². The van der Waals surface area contributed by atoms with Gasteiger partial charge in [0.2, 0.25) is 0 Å². The molecule has 0 aromatic carbocycles. The summed E-state index contributed by atoms with van der Waals surface area (Å²) in [5.74, 6) is -0.745. The van der Waals surface area contributed by atoms with Gasteiger partial charge < -0.3 is 5.11 Å². The predicted octanol–water partition coefficient (Wildman–Crippen LogP) is 1.98. The van der Waals surface area contributed by atoms with Crippen molar-refractivity contribution in [2.75, 3.05) is 0 Å². The smallest absolute Gasteiger partial charge is 0.303 e. The molecular weight excluding hydrogens is 128 g/mol. The Hall–Kier alpha value is -1.05. The number of carbonyl (C=O) groups is 1. The van der Waals surface area contributed by atoms with Crippen LogP contribution in [0.5, 0.6) is 0 Å². The van der Waals surface area contributed by atoms with Crippen molar-refractivity contribution >= 4 is 5.97 Å². The van der Waals surface area contributed by atoms with E-state index in [4.69, 9.17) is 5.11 Å². The molecule has 0 fully saturated rings. The molecule has 2 heteroatoms. The topological polar surface area (TPSA) is 37.3 Å². The number of carboxylic acids is 1. The number of carboxylic acid groups (broad SMARTS) is 1. The van der Waals surface area contributed by atoms with E-state index in [1.807, 2.05) is 31.2 Å². The highest BCUT2D eigenvalue weighted by Gasteiger charge is 1.90. The van der Waals surface area contributed by atoms with Crippen molar-refractivity contribution in [2.24, 2.45) is 0 Å². The lowest BCUT2D eigenvalue weighted by atomic mass is 10.3. The predicted molar refractivity (Wildman–Crippen MR) is 40.8 cm³/mol. The van der Waals surface area contributed by atoms with E-state index in [0.29, 0.717) is 6.42 Å². The Bertz CT molecular complexity index is 145. The first kappa shape index (κ1) is 8.95. The van der Waals surface area contributed by atoms with Crippen LogP contribution in [0.2, 0.25) is 0 Å². The van der Waals surface area contributed by atoms with Crippen molar-refractivity contribution < 1.29 is 9.90 Å². The first-order chi connectivity index (χ1) is 4.77. The average molecular weight is 140 g/mol. The minimum absolute atomic E-state index is 0.216. The van der Waals surface area contributed by atoms with E-state index in [9.17, 15) is 4.79 Å². The van der Waals surface area contributed by atoms with Crippen LogP contribution in [0.15, 0.2) is 24.3 Å². The zero-order chi connectivity index (χ0) is 7.82. The molecule has 0 spiro atoms. The fourth-order valence-corrected chi connectivity index (χ4v) is 0.493. The third-order valence-corrected chi connectivity index (χ3v) is 0.965. The highest BCUT2D eigenvalue weighted by molar-refractivity contribution is 5.66. The standard InChI is InChI=1S/C8H12O2/c1-2-3-4-5-6-7-8(9)10/h2-5H,6-7H2,1H3,(H,9,10)/b3-2+,5-4+. The average Bonchev–Trinajstić information content (AvgIpc) is 1.87. The van der Waals surface area contributed by atoms with Gasteiger partial charge in [-0.15, -0.1) is 0 Å². The van der Waals surface area contributed by atoms with E-state index in [0.717, 1.165) is 0 Å². The van der Waals surface area contributed by atoms with Crippen LogP contribution in [-0.2, 0) is 4.79 Å².